The Labute approximate surface area is 110 Å². The molecule has 1 saturated carbocycles. The molecule has 98 valence electrons. The molecule has 1 aromatic carbocycles. The van der Waals surface area contributed by atoms with Crippen molar-refractivity contribution in [1.82, 2.24) is 5.32 Å². The number of carbonyl (C=O) groups excluding carboxylic acids is 1. The SMILES string of the molecule is C[C@H](NC(=O)CC1CCCCC1)c1ccccc1. The molecule has 2 rings (SSSR count). The highest BCUT2D eigenvalue weighted by Gasteiger charge is 2.18. The first-order chi connectivity index (χ1) is 8.75. The van der Waals surface area contributed by atoms with Crippen LogP contribution in [0.15, 0.2) is 30.3 Å². The van der Waals surface area contributed by atoms with Gasteiger partial charge in [-0.25, -0.2) is 0 Å². The first kappa shape index (κ1) is 13.1. The van der Waals surface area contributed by atoms with Gasteiger partial charge in [0, 0.05) is 6.42 Å². The first-order valence-electron chi connectivity index (χ1n) is 7.10. The average Bonchev–Trinajstić information content (AvgIpc) is 2.40. The maximum atomic E-state index is 12.0. The normalized spacial score (nSPS) is 18.3. The Morgan fingerprint density at radius 2 is 1.89 bits per heavy atom. The fraction of sp³-hybridized carbons (Fsp3) is 0.562. The predicted molar refractivity (Wildman–Crippen MR) is 74.2 cm³/mol. The molecule has 2 heteroatoms. The minimum atomic E-state index is 0.113. The highest BCUT2D eigenvalue weighted by molar-refractivity contribution is 5.76. The topological polar surface area (TPSA) is 29.1 Å². The van der Waals surface area contributed by atoms with E-state index in [2.05, 4.69) is 17.4 Å². The van der Waals surface area contributed by atoms with Gasteiger partial charge in [0.15, 0.2) is 0 Å². The van der Waals surface area contributed by atoms with Crippen LogP contribution in [0.5, 0.6) is 0 Å². The predicted octanol–water partition coefficient (Wildman–Crippen LogP) is 3.83. The van der Waals surface area contributed by atoms with Crippen molar-refractivity contribution in [2.75, 3.05) is 0 Å². The molecule has 0 bridgehead atoms. The Morgan fingerprint density at radius 3 is 2.56 bits per heavy atom. The van der Waals surface area contributed by atoms with Crippen LogP contribution in [-0.2, 0) is 4.79 Å². The third kappa shape index (κ3) is 3.86. The molecule has 0 unspecified atom stereocenters. The largest absolute Gasteiger partial charge is 0.350 e. The lowest BCUT2D eigenvalue weighted by molar-refractivity contribution is -0.122. The molecule has 0 aromatic heterocycles. The Balaban J connectivity index is 1.80. The van der Waals surface area contributed by atoms with Crippen LogP contribution in [0.4, 0.5) is 0 Å². The van der Waals surface area contributed by atoms with Crippen LogP contribution in [0.25, 0.3) is 0 Å². The lowest BCUT2D eigenvalue weighted by atomic mass is 9.87. The maximum absolute atomic E-state index is 12.0. The van der Waals surface area contributed by atoms with Gasteiger partial charge in [-0.1, -0.05) is 49.6 Å². The summed E-state index contributed by atoms with van der Waals surface area (Å²) in [5.74, 6) is 0.819. The van der Waals surface area contributed by atoms with E-state index >= 15 is 0 Å². The van der Waals surface area contributed by atoms with Gasteiger partial charge in [0.2, 0.25) is 5.91 Å². The molecule has 1 aliphatic rings. The van der Waals surface area contributed by atoms with Crippen LogP contribution in [0.3, 0.4) is 0 Å². The number of amides is 1. The molecule has 1 fully saturated rings. The second-order valence-corrected chi connectivity index (χ2v) is 5.41. The van der Waals surface area contributed by atoms with Crippen LogP contribution in [0, 0.1) is 5.92 Å². The van der Waals surface area contributed by atoms with Gasteiger partial charge in [-0.2, -0.15) is 0 Å². The molecule has 0 radical (unpaired) electrons. The second kappa shape index (κ2) is 6.58. The molecule has 2 nitrogen and oxygen atoms in total. The van der Waals surface area contributed by atoms with Crippen molar-refractivity contribution >= 4 is 5.91 Å². The summed E-state index contributed by atoms with van der Waals surface area (Å²) in [6.45, 7) is 2.05. The number of hydrogen-bond donors (Lipinski definition) is 1. The van der Waals surface area contributed by atoms with Crippen molar-refractivity contribution in [2.24, 2.45) is 5.92 Å². The fourth-order valence-electron chi connectivity index (χ4n) is 2.78. The Hall–Kier alpha value is -1.31. The van der Waals surface area contributed by atoms with Gasteiger partial charge < -0.3 is 5.32 Å². The zero-order chi connectivity index (χ0) is 12.8. The minimum absolute atomic E-state index is 0.113. The molecule has 0 aliphatic heterocycles. The fourth-order valence-corrected chi connectivity index (χ4v) is 2.78. The molecule has 0 saturated heterocycles. The summed E-state index contributed by atoms with van der Waals surface area (Å²) in [7, 11) is 0. The van der Waals surface area contributed by atoms with Crippen molar-refractivity contribution in [3.63, 3.8) is 0 Å². The van der Waals surface area contributed by atoms with E-state index in [0.29, 0.717) is 12.3 Å². The number of hydrogen-bond acceptors (Lipinski definition) is 1. The molecule has 0 heterocycles. The molecule has 18 heavy (non-hydrogen) atoms. The smallest absolute Gasteiger partial charge is 0.220 e. The summed E-state index contributed by atoms with van der Waals surface area (Å²) in [5, 5.41) is 3.10. The van der Waals surface area contributed by atoms with E-state index < -0.39 is 0 Å². The lowest BCUT2D eigenvalue weighted by Crippen LogP contribution is -2.28. The third-order valence-electron chi connectivity index (χ3n) is 3.88. The van der Waals surface area contributed by atoms with Gasteiger partial charge in [0.05, 0.1) is 6.04 Å². The maximum Gasteiger partial charge on any atom is 0.220 e. The summed E-state index contributed by atoms with van der Waals surface area (Å²) in [5.41, 5.74) is 1.18. The zero-order valence-corrected chi connectivity index (χ0v) is 11.2. The second-order valence-electron chi connectivity index (χ2n) is 5.41. The first-order valence-corrected chi connectivity index (χ1v) is 7.10. The highest BCUT2D eigenvalue weighted by atomic mass is 16.1. The Bertz CT molecular complexity index is 368. The van der Waals surface area contributed by atoms with Crippen LogP contribution in [0.1, 0.15) is 57.1 Å². The van der Waals surface area contributed by atoms with Crippen LogP contribution in [0.2, 0.25) is 0 Å². The highest BCUT2D eigenvalue weighted by Crippen LogP contribution is 2.26. The Morgan fingerprint density at radius 1 is 1.22 bits per heavy atom. The molecule has 1 amide bonds. The summed E-state index contributed by atoms with van der Waals surface area (Å²) in [4.78, 5) is 12.0. The van der Waals surface area contributed by atoms with E-state index in [1.807, 2.05) is 25.1 Å². The van der Waals surface area contributed by atoms with Gasteiger partial charge >= 0.3 is 0 Å². The van der Waals surface area contributed by atoms with Crippen molar-refractivity contribution in [3.8, 4) is 0 Å². The molecule has 1 atom stereocenters. The van der Waals surface area contributed by atoms with Gasteiger partial charge in [-0.3, -0.25) is 4.79 Å². The summed E-state index contributed by atoms with van der Waals surface area (Å²) in [6.07, 6.45) is 7.11. The van der Waals surface area contributed by atoms with E-state index in [9.17, 15) is 4.79 Å². The molecular weight excluding hydrogens is 222 g/mol. The molecule has 1 aromatic rings. The molecular formula is C16H23NO. The third-order valence-corrected chi connectivity index (χ3v) is 3.88. The van der Waals surface area contributed by atoms with E-state index in [-0.39, 0.29) is 11.9 Å². The van der Waals surface area contributed by atoms with E-state index in [1.54, 1.807) is 0 Å². The van der Waals surface area contributed by atoms with Crippen molar-refractivity contribution in [2.45, 2.75) is 51.5 Å². The standard InChI is InChI=1S/C16H23NO/c1-13(15-10-6-3-7-11-15)17-16(18)12-14-8-4-2-5-9-14/h3,6-7,10-11,13-14H,2,4-5,8-9,12H2,1H3,(H,17,18)/t13-/m0/s1. The van der Waals surface area contributed by atoms with Gasteiger partial charge in [0.25, 0.3) is 0 Å². The molecule has 0 spiro atoms. The molecule has 1 aliphatic carbocycles. The number of rotatable bonds is 4. The van der Waals surface area contributed by atoms with E-state index in [0.717, 1.165) is 0 Å². The van der Waals surface area contributed by atoms with Crippen molar-refractivity contribution in [1.29, 1.82) is 0 Å². The monoisotopic (exact) mass is 245 g/mol. The number of nitrogens with one attached hydrogen (secondary N) is 1. The Kier molecular flexibility index (Phi) is 4.80. The van der Waals surface area contributed by atoms with Crippen molar-refractivity contribution in [3.05, 3.63) is 35.9 Å². The zero-order valence-electron chi connectivity index (χ0n) is 11.2. The number of benzene rings is 1. The summed E-state index contributed by atoms with van der Waals surface area (Å²) in [6, 6.07) is 10.3. The van der Waals surface area contributed by atoms with Gasteiger partial charge in [-0.15, -0.1) is 0 Å². The van der Waals surface area contributed by atoms with E-state index in [4.69, 9.17) is 0 Å². The van der Waals surface area contributed by atoms with Gasteiger partial charge in [0.1, 0.15) is 0 Å². The van der Waals surface area contributed by atoms with Crippen LogP contribution in [-0.4, -0.2) is 5.91 Å². The molecule has 1 N–H and O–H groups in total. The quantitative estimate of drug-likeness (QED) is 0.858. The van der Waals surface area contributed by atoms with Crippen LogP contribution < -0.4 is 5.32 Å². The summed E-state index contributed by atoms with van der Waals surface area (Å²) >= 11 is 0. The lowest BCUT2D eigenvalue weighted by Gasteiger charge is -2.22. The number of carbonyl (C=O) groups is 1. The minimum Gasteiger partial charge on any atom is -0.350 e. The van der Waals surface area contributed by atoms with Crippen LogP contribution >= 0.6 is 0 Å². The average molecular weight is 245 g/mol. The van der Waals surface area contributed by atoms with Gasteiger partial charge in [-0.05, 0) is 31.2 Å². The summed E-state index contributed by atoms with van der Waals surface area (Å²) < 4.78 is 0. The van der Waals surface area contributed by atoms with E-state index in [1.165, 1.54) is 37.7 Å². The van der Waals surface area contributed by atoms with Crippen molar-refractivity contribution < 1.29 is 4.79 Å².